The summed E-state index contributed by atoms with van der Waals surface area (Å²) in [4.78, 5) is 79.1. The number of nitrogens with one attached hydrogen (secondary N) is 6. The molecule has 6 amide bonds. The van der Waals surface area contributed by atoms with E-state index < -0.39 is 53.3 Å². The van der Waals surface area contributed by atoms with E-state index in [1.165, 1.54) is 6.92 Å². The van der Waals surface area contributed by atoms with Gasteiger partial charge in [0.15, 0.2) is 0 Å². The second kappa shape index (κ2) is 15.5. The SMILES string of the molecule is CC(C)C[C@H]1COc2ccc(cc2)C[C@H](NC(=O)[C@@H]2CCC(=O)N2)C(=O)N[C@H](C)C(=O)NC2(CC2)C(=O)N[C@H](Cc2ccccc2)C(=O)N1. The number of carbonyl (C=O) groups is 6. The van der Waals surface area contributed by atoms with E-state index in [9.17, 15) is 28.8 Å². The third kappa shape index (κ3) is 9.58. The molecule has 13 nitrogen and oxygen atoms in total. The highest BCUT2D eigenvalue weighted by Gasteiger charge is 2.52. The van der Waals surface area contributed by atoms with Crippen molar-refractivity contribution < 1.29 is 33.5 Å². The Bertz CT molecular complexity index is 1540. The molecule has 1 saturated heterocycles. The molecule has 1 spiro atoms. The number of fused-ring (bicyclic) bond motifs is 15. The van der Waals surface area contributed by atoms with Crippen molar-refractivity contribution in [2.75, 3.05) is 6.61 Å². The van der Waals surface area contributed by atoms with Crippen LogP contribution in [0.3, 0.4) is 0 Å². The number of ether oxygens (including phenoxy) is 1. The van der Waals surface area contributed by atoms with Gasteiger partial charge in [-0.25, -0.2) is 0 Å². The Balaban J connectivity index is 1.41. The highest BCUT2D eigenvalue weighted by atomic mass is 16.5. The first-order valence-electron chi connectivity index (χ1n) is 17.0. The summed E-state index contributed by atoms with van der Waals surface area (Å²) in [6.07, 6.45) is 2.26. The Morgan fingerprint density at radius 3 is 2.24 bits per heavy atom. The third-order valence-electron chi connectivity index (χ3n) is 9.07. The van der Waals surface area contributed by atoms with Crippen molar-refractivity contribution >= 4 is 35.4 Å². The Hall–Kier alpha value is -4.94. The summed E-state index contributed by atoms with van der Waals surface area (Å²) in [6, 6.07) is 12.3. The molecule has 6 N–H and O–H groups in total. The molecule has 2 bridgehead atoms. The second-order valence-electron chi connectivity index (χ2n) is 13.7. The van der Waals surface area contributed by atoms with E-state index in [-0.39, 0.29) is 49.6 Å². The van der Waals surface area contributed by atoms with Crippen molar-refractivity contribution in [2.45, 2.75) is 101 Å². The van der Waals surface area contributed by atoms with E-state index in [1.54, 1.807) is 24.3 Å². The number of rotatable bonds is 6. The topological polar surface area (TPSA) is 184 Å². The minimum Gasteiger partial charge on any atom is -0.491 e. The van der Waals surface area contributed by atoms with Gasteiger partial charge in [0.2, 0.25) is 35.4 Å². The van der Waals surface area contributed by atoms with Crippen LogP contribution >= 0.6 is 0 Å². The largest absolute Gasteiger partial charge is 0.491 e. The summed E-state index contributed by atoms with van der Waals surface area (Å²) in [6.45, 7) is 5.78. The average molecular weight is 675 g/mol. The van der Waals surface area contributed by atoms with Gasteiger partial charge in [-0.2, -0.15) is 0 Å². The van der Waals surface area contributed by atoms with E-state index in [0.29, 0.717) is 31.4 Å². The predicted molar refractivity (Wildman–Crippen MR) is 180 cm³/mol. The minimum absolute atomic E-state index is 0.105. The smallest absolute Gasteiger partial charge is 0.246 e. The first kappa shape index (κ1) is 35.4. The predicted octanol–water partition coefficient (Wildman–Crippen LogP) is 0.797. The summed E-state index contributed by atoms with van der Waals surface area (Å²) in [5.41, 5.74) is 0.359. The van der Waals surface area contributed by atoms with Crippen LogP contribution in [0.1, 0.15) is 64.0 Å². The fraction of sp³-hybridized carbons (Fsp3) is 0.500. The molecular formula is C36H46N6O7. The van der Waals surface area contributed by atoms with Crippen LogP contribution in [0.15, 0.2) is 54.6 Å². The fourth-order valence-electron chi connectivity index (χ4n) is 6.10. The van der Waals surface area contributed by atoms with Crippen molar-refractivity contribution in [2.24, 2.45) is 5.92 Å². The average Bonchev–Trinajstić information content (AvgIpc) is 3.72. The normalized spacial score (nSPS) is 26.1. The lowest BCUT2D eigenvalue weighted by molar-refractivity contribution is -0.135. The van der Waals surface area contributed by atoms with Crippen LogP contribution in [-0.4, -0.2) is 77.8 Å². The van der Waals surface area contributed by atoms with Crippen LogP contribution in [-0.2, 0) is 41.6 Å². The molecule has 2 fully saturated rings. The summed E-state index contributed by atoms with van der Waals surface area (Å²) >= 11 is 0. The molecule has 262 valence electrons. The third-order valence-corrected chi connectivity index (χ3v) is 9.07. The Labute approximate surface area is 286 Å². The molecule has 2 aromatic rings. The number of carbonyl (C=O) groups excluding carboxylic acids is 6. The maximum Gasteiger partial charge on any atom is 0.246 e. The van der Waals surface area contributed by atoms with Gasteiger partial charge in [-0.1, -0.05) is 56.3 Å². The lowest BCUT2D eigenvalue weighted by Crippen LogP contribution is -2.60. The van der Waals surface area contributed by atoms with Crippen molar-refractivity contribution in [3.63, 3.8) is 0 Å². The first-order chi connectivity index (χ1) is 23.4. The molecule has 4 aliphatic rings. The van der Waals surface area contributed by atoms with E-state index in [2.05, 4.69) is 31.9 Å². The van der Waals surface area contributed by atoms with E-state index >= 15 is 0 Å². The lowest BCUT2D eigenvalue weighted by atomic mass is 10.0. The van der Waals surface area contributed by atoms with Crippen molar-refractivity contribution in [1.82, 2.24) is 31.9 Å². The Kier molecular flexibility index (Phi) is 11.2. The van der Waals surface area contributed by atoms with Crippen LogP contribution in [0.2, 0.25) is 0 Å². The highest BCUT2D eigenvalue weighted by molar-refractivity contribution is 5.99. The molecule has 0 unspecified atom stereocenters. The molecule has 1 aliphatic carbocycles. The monoisotopic (exact) mass is 674 g/mol. The summed E-state index contributed by atoms with van der Waals surface area (Å²) in [7, 11) is 0. The summed E-state index contributed by atoms with van der Waals surface area (Å²) in [5.74, 6) is -1.95. The number of benzene rings is 2. The molecule has 3 heterocycles. The minimum atomic E-state index is -1.22. The first-order valence-corrected chi connectivity index (χ1v) is 17.0. The van der Waals surface area contributed by atoms with Gasteiger partial charge in [-0.15, -0.1) is 0 Å². The van der Waals surface area contributed by atoms with Gasteiger partial charge >= 0.3 is 0 Å². The van der Waals surface area contributed by atoms with Crippen molar-refractivity contribution in [1.29, 1.82) is 0 Å². The van der Waals surface area contributed by atoms with Gasteiger partial charge < -0.3 is 36.6 Å². The van der Waals surface area contributed by atoms with Crippen LogP contribution in [0.5, 0.6) is 5.75 Å². The molecule has 0 radical (unpaired) electrons. The molecule has 3 aliphatic heterocycles. The van der Waals surface area contributed by atoms with Gasteiger partial charge in [0.25, 0.3) is 0 Å². The lowest BCUT2D eigenvalue weighted by Gasteiger charge is -2.27. The maximum absolute atomic E-state index is 13.8. The van der Waals surface area contributed by atoms with Gasteiger partial charge in [0.1, 0.15) is 42.1 Å². The van der Waals surface area contributed by atoms with Gasteiger partial charge in [-0.3, -0.25) is 28.8 Å². The fourth-order valence-corrected chi connectivity index (χ4v) is 6.10. The Morgan fingerprint density at radius 2 is 1.61 bits per heavy atom. The zero-order chi connectivity index (χ0) is 35.1. The van der Waals surface area contributed by atoms with Crippen LogP contribution < -0.4 is 36.6 Å². The Morgan fingerprint density at radius 1 is 0.898 bits per heavy atom. The second-order valence-corrected chi connectivity index (χ2v) is 13.7. The van der Waals surface area contributed by atoms with Crippen LogP contribution in [0.25, 0.3) is 0 Å². The standard InChI is InChI=1S/C36H46N6O7/c1-21(2)17-25-20-49-26-11-9-24(10-12-26)19-28(40-32(45)27-13-14-30(43)39-27)33(46)37-22(3)31(44)42-36(15-16-36)35(48)41-29(34(47)38-25)18-23-7-5-4-6-8-23/h4-12,21-22,25,27-29H,13-20H2,1-3H3,(H,37,46)(H,38,47)(H,39,43)(H,40,45)(H,41,48)(H,42,44)/t22-,25+,27+,28+,29-/m1/s1. The number of hydrogen-bond donors (Lipinski definition) is 6. The quantitative estimate of drug-likeness (QED) is 0.245. The van der Waals surface area contributed by atoms with Crippen LogP contribution in [0.4, 0.5) is 0 Å². The number of amides is 6. The zero-order valence-electron chi connectivity index (χ0n) is 28.2. The van der Waals surface area contributed by atoms with E-state index in [4.69, 9.17) is 4.74 Å². The molecule has 2 aromatic carbocycles. The summed E-state index contributed by atoms with van der Waals surface area (Å²) < 4.78 is 6.10. The molecule has 6 rings (SSSR count). The summed E-state index contributed by atoms with van der Waals surface area (Å²) in [5, 5.41) is 16.8. The zero-order valence-corrected chi connectivity index (χ0v) is 28.2. The molecular weight excluding hydrogens is 628 g/mol. The van der Waals surface area contributed by atoms with Crippen LogP contribution in [0, 0.1) is 5.92 Å². The number of hydrogen-bond acceptors (Lipinski definition) is 7. The van der Waals surface area contributed by atoms with Gasteiger partial charge in [0.05, 0.1) is 6.04 Å². The van der Waals surface area contributed by atoms with E-state index in [1.807, 2.05) is 44.2 Å². The molecule has 1 saturated carbocycles. The molecule has 49 heavy (non-hydrogen) atoms. The molecule has 0 aromatic heterocycles. The molecule has 13 heteroatoms. The van der Waals surface area contributed by atoms with Gasteiger partial charge in [0, 0.05) is 19.3 Å². The van der Waals surface area contributed by atoms with Crippen molar-refractivity contribution in [3.8, 4) is 5.75 Å². The maximum atomic E-state index is 13.8. The van der Waals surface area contributed by atoms with Gasteiger partial charge in [-0.05, 0) is 61.8 Å². The highest BCUT2D eigenvalue weighted by Crippen LogP contribution is 2.36. The van der Waals surface area contributed by atoms with E-state index in [0.717, 1.165) is 11.1 Å². The van der Waals surface area contributed by atoms with Crippen molar-refractivity contribution in [3.05, 3.63) is 65.7 Å². The molecule has 5 atom stereocenters.